The summed E-state index contributed by atoms with van der Waals surface area (Å²) < 4.78 is 30.6. The number of para-hydroxylation sites is 1. The highest BCUT2D eigenvalue weighted by molar-refractivity contribution is 9.10. The van der Waals surface area contributed by atoms with Crippen molar-refractivity contribution in [2.75, 3.05) is 29.5 Å². The molecule has 0 saturated heterocycles. The number of aryl methyl sites for hydroxylation is 1. The molecule has 1 amide bonds. The molecule has 7 nitrogen and oxygen atoms in total. The van der Waals surface area contributed by atoms with Gasteiger partial charge in [0.25, 0.3) is 0 Å². The summed E-state index contributed by atoms with van der Waals surface area (Å²) >= 11 is 3.30. The van der Waals surface area contributed by atoms with Crippen molar-refractivity contribution in [3.8, 4) is 0 Å². The molecule has 0 fully saturated rings. The Hall–Kier alpha value is -2.39. The Morgan fingerprint density at radius 3 is 2.44 bits per heavy atom. The van der Waals surface area contributed by atoms with Crippen LogP contribution >= 0.6 is 15.9 Å². The van der Waals surface area contributed by atoms with Gasteiger partial charge in [-0.3, -0.25) is 9.10 Å². The van der Waals surface area contributed by atoms with Gasteiger partial charge in [-0.2, -0.15) is 0 Å². The van der Waals surface area contributed by atoms with E-state index < -0.39 is 28.4 Å². The van der Waals surface area contributed by atoms with Crippen LogP contribution in [-0.2, 0) is 19.6 Å². The number of rotatable bonds is 6. The lowest BCUT2D eigenvalue weighted by Crippen LogP contribution is -2.37. The highest BCUT2D eigenvalue weighted by Crippen LogP contribution is 2.27. The van der Waals surface area contributed by atoms with E-state index in [1.807, 2.05) is 0 Å². The van der Waals surface area contributed by atoms with Gasteiger partial charge >= 0.3 is 5.97 Å². The molecular formula is C18H19BrN2O5S. The normalized spacial score (nSPS) is 11.0. The van der Waals surface area contributed by atoms with Crippen LogP contribution in [0.5, 0.6) is 0 Å². The van der Waals surface area contributed by atoms with Gasteiger partial charge in [-0.05, 0) is 52.7 Å². The minimum Gasteiger partial charge on any atom is -0.465 e. The standard InChI is InChI=1S/C18H19BrN2O5S/c1-12-8-9-13(18(23)26-2)10-15(12)20-17(22)11-21(27(3,24)25)16-7-5-4-6-14(16)19/h4-10H,11H2,1-3H3,(H,20,22). The molecule has 9 heteroatoms. The molecule has 144 valence electrons. The van der Waals surface area contributed by atoms with E-state index in [9.17, 15) is 18.0 Å². The Morgan fingerprint density at radius 1 is 1.19 bits per heavy atom. The van der Waals surface area contributed by atoms with Crippen LogP contribution in [0.3, 0.4) is 0 Å². The van der Waals surface area contributed by atoms with Crippen LogP contribution in [0, 0.1) is 6.92 Å². The number of amides is 1. The zero-order chi connectivity index (χ0) is 20.2. The molecule has 0 aliphatic carbocycles. The van der Waals surface area contributed by atoms with Crippen molar-refractivity contribution < 1.29 is 22.7 Å². The van der Waals surface area contributed by atoms with Crippen molar-refractivity contribution in [1.29, 1.82) is 0 Å². The third-order valence-corrected chi connectivity index (χ3v) is 5.54. The maximum atomic E-state index is 12.5. The summed E-state index contributed by atoms with van der Waals surface area (Å²) in [5.41, 5.74) is 1.77. The second kappa shape index (κ2) is 8.53. The predicted octanol–water partition coefficient (Wildman–Crippen LogP) is 2.95. The van der Waals surface area contributed by atoms with Crippen molar-refractivity contribution in [2.45, 2.75) is 6.92 Å². The lowest BCUT2D eigenvalue weighted by Gasteiger charge is -2.23. The summed E-state index contributed by atoms with van der Waals surface area (Å²) in [6.45, 7) is 1.35. The summed E-state index contributed by atoms with van der Waals surface area (Å²) in [7, 11) is -2.43. The Morgan fingerprint density at radius 2 is 1.85 bits per heavy atom. The number of carbonyl (C=O) groups excluding carboxylic acids is 2. The smallest absolute Gasteiger partial charge is 0.337 e. The molecule has 0 aliphatic heterocycles. The number of halogens is 1. The summed E-state index contributed by atoms with van der Waals surface area (Å²) in [4.78, 5) is 24.2. The van der Waals surface area contributed by atoms with Crippen LogP contribution in [-0.4, -0.2) is 40.2 Å². The molecule has 0 spiro atoms. The van der Waals surface area contributed by atoms with E-state index in [1.165, 1.54) is 13.2 Å². The maximum Gasteiger partial charge on any atom is 0.337 e. The van der Waals surface area contributed by atoms with Crippen LogP contribution in [0.2, 0.25) is 0 Å². The molecule has 2 rings (SSSR count). The Balaban J connectivity index is 2.27. The molecule has 0 radical (unpaired) electrons. The van der Waals surface area contributed by atoms with Crippen LogP contribution in [0.25, 0.3) is 0 Å². The van der Waals surface area contributed by atoms with Crippen molar-refractivity contribution in [3.05, 3.63) is 58.1 Å². The third-order valence-electron chi connectivity index (χ3n) is 3.74. The zero-order valence-corrected chi connectivity index (χ0v) is 17.4. The number of methoxy groups -OCH3 is 1. The van der Waals surface area contributed by atoms with E-state index in [2.05, 4.69) is 26.0 Å². The lowest BCUT2D eigenvalue weighted by molar-refractivity contribution is -0.114. The highest BCUT2D eigenvalue weighted by Gasteiger charge is 2.23. The Labute approximate surface area is 166 Å². The van der Waals surface area contributed by atoms with Gasteiger partial charge in [-0.1, -0.05) is 18.2 Å². The van der Waals surface area contributed by atoms with Gasteiger partial charge in [-0.15, -0.1) is 0 Å². The van der Waals surface area contributed by atoms with E-state index >= 15 is 0 Å². The fourth-order valence-electron chi connectivity index (χ4n) is 2.36. The molecule has 0 saturated carbocycles. The number of carbonyl (C=O) groups is 2. The van der Waals surface area contributed by atoms with Crippen molar-refractivity contribution in [2.24, 2.45) is 0 Å². The molecule has 0 atom stereocenters. The first kappa shape index (κ1) is 20.9. The van der Waals surface area contributed by atoms with Gasteiger partial charge in [-0.25, -0.2) is 13.2 Å². The average molecular weight is 455 g/mol. The Kier molecular flexibility index (Phi) is 6.61. The quantitative estimate of drug-likeness (QED) is 0.677. The molecule has 1 N–H and O–H groups in total. The largest absolute Gasteiger partial charge is 0.465 e. The van der Waals surface area contributed by atoms with E-state index in [1.54, 1.807) is 43.3 Å². The molecule has 0 unspecified atom stereocenters. The monoisotopic (exact) mass is 454 g/mol. The van der Waals surface area contributed by atoms with Crippen LogP contribution in [0.15, 0.2) is 46.9 Å². The van der Waals surface area contributed by atoms with E-state index in [0.717, 1.165) is 16.1 Å². The molecule has 0 aromatic heterocycles. The van der Waals surface area contributed by atoms with Crippen LogP contribution in [0.1, 0.15) is 15.9 Å². The number of sulfonamides is 1. The highest BCUT2D eigenvalue weighted by atomic mass is 79.9. The number of hydrogen-bond acceptors (Lipinski definition) is 5. The first-order valence-electron chi connectivity index (χ1n) is 7.84. The number of nitrogens with zero attached hydrogens (tertiary/aromatic N) is 1. The maximum absolute atomic E-state index is 12.5. The van der Waals surface area contributed by atoms with Gasteiger partial charge in [0.1, 0.15) is 6.54 Å². The minimum atomic E-state index is -3.70. The lowest BCUT2D eigenvalue weighted by atomic mass is 10.1. The van der Waals surface area contributed by atoms with Gasteiger partial charge in [0.2, 0.25) is 15.9 Å². The molecule has 0 aliphatic rings. The first-order valence-corrected chi connectivity index (χ1v) is 10.5. The topological polar surface area (TPSA) is 92.8 Å². The molecule has 2 aromatic rings. The fraction of sp³-hybridized carbons (Fsp3) is 0.222. The number of ether oxygens (including phenoxy) is 1. The summed E-state index contributed by atoms with van der Waals surface area (Å²) in [5.74, 6) is -1.07. The number of anilines is 2. The molecule has 2 aromatic carbocycles. The van der Waals surface area contributed by atoms with Gasteiger partial charge in [0.15, 0.2) is 0 Å². The fourth-order valence-corrected chi connectivity index (χ4v) is 3.84. The predicted molar refractivity (Wildman–Crippen MR) is 107 cm³/mol. The van der Waals surface area contributed by atoms with E-state index in [4.69, 9.17) is 0 Å². The van der Waals surface area contributed by atoms with E-state index in [-0.39, 0.29) is 5.56 Å². The number of nitrogens with one attached hydrogen (secondary N) is 1. The van der Waals surface area contributed by atoms with Crippen molar-refractivity contribution in [1.82, 2.24) is 0 Å². The Bertz CT molecular complexity index is 975. The van der Waals surface area contributed by atoms with Crippen molar-refractivity contribution in [3.63, 3.8) is 0 Å². The van der Waals surface area contributed by atoms with Crippen LogP contribution < -0.4 is 9.62 Å². The number of esters is 1. The van der Waals surface area contributed by atoms with Gasteiger partial charge in [0.05, 0.1) is 24.6 Å². The zero-order valence-electron chi connectivity index (χ0n) is 15.0. The van der Waals surface area contributed by atoms with E-state index in [0.29, 0.717) is 15.8 Å². The molecular weight excluding hydrogens is 436 g/mol. The van der Waals surface area contributed by atoms with Crippen LogP contribution in [0.4, 0.5) is 11.4 Å². The van der Waals surface area contributed by atoms with Gasteiger partial charge < -0.3 is 10.1 Å². The first-order chi connectivity index (χ1) is 12.6. The minimum absolute atomic E-state index is 0.282. The van der Waals surface area contributed by atoms with Gasteiger partial charge in [0, 0.05) is 10.2 Å². The summed E-state index contributed by atoms with van der Waals surface area (Å²) in [6.07, 6.45) is 1.03. The number of benzene rings is 2. The second-order valence-electron chi connectivity index (χ2n) is 5.79. The molecule has 0 bridgehead atoms. The SMILES string of the molecule is COC(=O)c1ccc(C)c(NC(=O)CN(c2ccccc2Br)S(C)(=O)=O)c1. The molecule has 27 heavy (non-hydrogen) atoms. The molecule has 0 heterocycles. The second-order valence-corrected chi connectivity index (χ2v) is 8.55. The summed E-state index contributed by atoms with van der Waals surface area (Å²) in [6, 6.07) is 11.5. The third kappa shape index (κ3) is 5.30. The number of hydrogen-bond donors (Lipinski definition) is 1. The average Bonchev–Trinajstić information content (AvgIpc) is 2.60. The summed E-state index contributed by atoms with van der Waals surface area (Å²) in [5, 5.41) is 2.65. The van der Waals surface area contributed by atoms with Crippen molar-refractivity contribution >= 4 is 49.2 Å².